The topological polar surface area (TPSA) is 69.1 Å². The third-order valence-corrected chi connectivity index (χ3v) is 5.93. The summed E-state index contributed by atoms with van der Waals surface area (Å²) in [4.78, 5) is 17.5. The van der Waals surface area contributed by atoms with E-state index >= 15 is 0 Å². The number of nitrogens with zero attached hydrogens (tertiary/aromatic N) is 1. The Hall–Kier alpha value is -2.27. The summed E-state index contributed by atoms with van der Waals surface area (Å²) in [5, 5.41) is 0.639. The van der Waals surface area contributed by atoms with Gasteiger partial charge in [-0.2, -0.15) is 0 Å². The van der Waals surface area contributed by atoms with E-state index in [1.807, 2.05) is 24.3 Å². The van der Waals surface area contributed by atoms with Gasteiger partial charge >= 0.3 is 0 Å². The molecule has 148 valence electrons. The summed E-state index contributed by atoms with van der Waals surface area (Å²) in [5.74, 6) is 0.211. The number of aromatic nitrogens is 1. The molecule has 0 radical (unpaired) electrons. The Balaban J connectivity index is 2.06. The van der Waals surface area contributed by atoms with Gasteiger partial charge in [0.25, 0.3) is 5.22 Å². The molecule has 2 N–H and O–H groups in total. The Morgan fingerprint density at radius 1 is 1.18 bits per heavy atom. The lowest BCUT2D eigenvalue weighted by Crippen LogP contribution is -2.17. The Labute approximate surface area is 170 Å². The molecule has 3 rings (SSSR count). The fraction of sp³-hybridized carbons (Fsp3) is 0.391. The molecule has 0 fully saturated rings. The number of carbonyl (C=O) groups is 1. The van der Waals surface area contributed by atoms with Crippen molar-refractivity contribution in [2.45, 2.75) is 68.9 Å². The fourth-order valence-corrected chi connectivity index (χ4v) is 4.94. The van der Waals surface area contributed by atoms with Crippen LogP contribution in [0.15, 0.2) is 50.9 Å². The Bertz CT molecular complexity index is 945. The first kappa shape index (κ1) is 20.5. The van der Waals surface area contributed by atoms with Crippen LogP contribution in [-0.2, 0) is 4.79 Å². The largest absolute Gasteiger partial charge is 0.431 e. The van der Waals surface area contributed by atoms with Crippen LogP contribution >= 0.6 is 11.8 Å². The minimum Gasteiger partial charge on any atom is -0.431 e. The second-order valence-electron chi connectivity index (χ2n) is 7.57. The SMILES string of the molecule is CCCC(CC(N)=O)c1c(C)ccc(Sc2nc3ccccc3o2)c1C(C)C. The van der Waals surface area contributed by atoms with Crippen LogP contribution in [-0.4, -0.2) is 10.9 Å². The van der Waals surface area contributed by atoms with E-state index in [0.29, 0.717) is 17.6 Å². The lowest BCUT2D eigenvalue weighted by molar-refractivity contribution is -0.118. The second-order valence-corrected chi connectivity index (χ2v) is 8.56. The number of hydrogen-bond acceptors (Lipinski definition) is 4. The van der Waals surface area contributed by atoms with Gasteiger partial charge in [0.1, 0.15) is 5.52 Å². The van der Waals surface area contributed by atoms with E-state index < -0.39 is 0 Å². The maximum atomic E-state index is 11.7. The van der Waals surface area contributed by atoms with Gasteiger partial charge in [0.2, 0.25) is 5.91 Å². The van der Waals surface area contributed by atoms with Crippen LogP contribution in [0.3, 0.4) is 0 Å². The van der Waals surface area contributed by atoms with Crippen LogP contribution in [0.2, 0.25) is 0 Å². The van der Waals surface area contributed by atoms with Gasteiger partial charge in [0, 0.05) is 11.3 Å². The summed E-state index contributed by atoms with van der Waals surface area (Å²) >= 11 is 1.55. The zero-order valence-electron chi connectivity index (χ0n) is 17.0. The summed E-state index contributed by atoms with van der Waals surface area (Å²) in [5.41, 5.74) is 11.0. The van der Waals surface area contributed by atoms with Crippen LogP contribution in [0.5, 0.6) is 0 Å². The van der Waals surface area contributed by atoms with Crippen molar-refractivity contribution in [3.63, 3.8) is 0 Å². The molecule has 1 atom stereocenters. The lowest BCUT2D eigenvalue weighted by atomic mass is 9.82. The van der Waals surface area contributed by atoms with Crippen LogP contribution in [0, 0.1) is 6.92 Å². The number of fused-ring (bicyclic) bond motifs is 1. The molecule has 0 aliphatic carbocycles. The van der Waals surface area contributed by atoms with Crippen molar-refractivity contribution >= 4 is 28.8 Å². The molecule has 0 spiro atoms. The van der Waals surface area contributed by atoms with Crippen LogP contribution in [0.25, 0.3) is 11.1 Å². The third kappa shape index (κ3) is 4.41. The van der Waals surface area contributed by atoms with Gasteiger partial charge < -0.3 is 10.2 Å². The fourth-order valence-electron chi connectivity index (χ4n) is 3.88. The van der Waals surface area contributed by atoms with Gasteiger partial charge in [0.05, 0.1) is 0 Å². The van der Waals surface area contributed by atoms with Crippen LogP contribution < -0.4 is 5.73 Å². The molecule has 2 aromatic carbocycles. The highest BCUT2D eigenvalue weighted by Crippen LogP contribution is 2.42. The van der Waals surface area contributed by atoms with E-state index in [9.17, 15) is 4.79 Å². The average molecular weight is 397 g/mol. The smallest absolute Gasteiger partial charge is 0.261 e. The molecule has 1 unspecified atom stereocenters. The quantitative estimate of drug-likeness (QED) is 0.494. The number of aryl methyl sites for hydroxylation is 1. The Kier molecular flexibility index (Phi) is 6.45. The number of amides is 1. The number of carbonyl (C=O) groups excluding carboxylic acids is 1. The number of nitrogens with two attached hydrogens (primary N) is 1. The molecule has 1 amide bonds. The average Bonchev–Trinajstić information content (AvgIpc) is 3.04. The zero-order valence-corrected chi connectivity index (χ0v) is 17.8. The standard InChI is InChI=1S/C23H28N2O2S/c1-5-8-16(13-20(24)26)22-15(4)11-12-19(21(22)14(2)3)28-23-25-17-9-6-7-10-18(17)27-23/h6-7,9-12,14,16H,5,8,13H2,1-4H3,(H2,24,26). The van der Waals surface area contributed by atoms with E-state index in [-0.39, 0.29) is 11.8 Å². The first-order valence-corrected chi connectivity index (χ1v) is 10.7. The molecular formula is C23H28N2O2S. The summed E-state index contributed by atoms with van der Waals surface area (Å²) in [7, 11) is 0. The van der Waals surface area contributed by atoms with E-state index in [1.54, 1.807) is 11.8 Å². The highest BCUT2D eigenvalue weighted by Gasteiger charge is 2.24. The van der Waals surface area contributed by atoms with Crippen molar-refractivity contribution in [2.75, 3.05) is 0 Å². The van der Waals surface area contributed by atoms with Crippen LogP contribution in [0.1, 0.15) is 68.6 Å². The minimum absolute atomic E-state index is 0.143. The number of rotatable bonds is 8. The second kappa shape index (κ2) is 8.82. The van der Waals surface area contributed by atoms with Gasteiger partial charge in [-0.05, 0) is 71.8 Å². The number of para-hydroxylation sites is 2. The molecule has 5 heteroatoms. The summed E-state index contributed by atoms with van der Waals surface area (Å²) in [6, 6.07) is 12.1. The molecule has 28 heavy (non-hydrogen) atoms. The first-order chi connectivity index (χ1) is 13.4. The molecule has 0 saturated carbocycles. The highest BCUT2D eigenvalue weighted by atomic mass is 32.2. The molecule has 0 aliphatic rings. The van der Waals surface area contributed by atoms with E-state index in [0.717, 1.165) is 28.8 Å². The van der Waals surface area contributed by atoms with E-state index in [1.165, 1.54) is 16.7 Å². The van der Waals surface area contributed by atoms with Gasteiger partial charge in [-0.1, -0.05) is 45.4 Å². The van der Waals surface area contributed by atoms with E-state index in [2.05, 4.69) is 44.8 Å². The van der Waals surface area contributed by atoms with Gasteiger partial charge in [0.15, 0.2) is 5.58 Å². The normalized spacial score (nSPS) is 12.6. The first-order valence-electron chi connectivity index (χ1n) is 9.85. The molecule has 1 heterocycles. The number of primary amides is 1. The highest BCUT2D eigenvalue weighted by molar-refractivity contribution is 7.99. The minimum atomic E-state index is -0.246. The predicted molar refractivity (Wildman–Crippen MR) is 115 cm³/mol. The van der Waals surface area contributed by atoms with Gasteiger partial charge in [-0.15, -0.1) is 0 Å². The maximum Gasteiger partial charge on any atom is 0.261 e. The summed E-state index contributed by atoms with van der Waals surface area (Å²) in [6.45, 7) is 8.66. The summed E-state index contributed by atoms with van der Waals surface area (Å²) < 4.78 is 5.93. The number of oxazole rings is 1. The zero-order chi connectivity index (χ0) is 20.3. The summed E-state index contributed by atoms with van der Waals surface area (Å²) in [6.07, 6.45) is 2.34. The van der Waals surface area contributed by atoms with Crippen LogP contribution in [0.4, 0.5) is 0 Å². The Morgan fingerprint density at radius 3 is 2.57 bits per heavy atom. The number of hydrogen-bond donors (Lipinski definition) is 1. The molecule has 0 aliphatic heterocycles. The van der Waals surface area contributed by atoms with Crippen molar-refractivity contribution in [1.29, 1.82) is 0 Å². The Morgan fingerprint density at radius 2 is 1.93 bits per heavy atom. The molecule has 3 aromatic rings. The molecule has 1 aromatic heterocycles. The molecule has 4 nitrogen and oxygen atoms in total. The van der Waals surface area contributed by atoms with Crippen molar-refractivity contribution in [3.8, 4) is 0 Å². The lowest BCUT2D eigenvalue weighted by Gasteiger charge is -2.25. The van der Waals surface area contributed by atoms with Crippen molar-refractivity contribution in [2.24, 2.45) is 5.73 Å². The van der Waals surface area contributed by atoms with Crippen molar-refractivity contribution in [3.05, 3.63) is 53.1 Å². The van der Waals surface area contributed by atoms with Crippen molar-refractivity contribution in [1.82, 2.24) is 4.98 Å². The molecule has 0 saturated heterocycles. The predicted octanol–water partition coefficient (Wildman–Crippen LogP) is 6.17. The number of benzene rings is 2. The monoisotopic (exact) mass is 396 g/mol. The molecular weight excluding hydrogens is 368 g/mol. The van der Waals surface area contributed by atoms with Crippen molar-refractivity contribution < 1.29 is 9.21 Å². The third-order valence-electron chi connectivity index (χ3n) is 5.01. The maximum absolute atomic E-state index is 11.7. The van der Waals surface area contributed by atoms with Gasteiger partial charge in [-0.3, -0.25) is 4.79 Å². The van der Waals surface area contributed by atoms with Gasteiger partial charge in [-0.25, -0.2) is 4.98 Å². The van der Waals surface area contributed by atoms with E-state index in [4.69, 9.17) is 10.2 Å². The molecule has 0 bridgehead atoms.